The van der Waals surface area contributed by atoms with Crippen molar-refractivity contribution in [2.75, 3.05) is 5.32 Å². The minimum Gasteiger partial charge on any atom is -0.506 e. The first-order chi connectivity index (χ1) is 10.0. The second kappa shape index (κ2) is 7.14. The lowest BCUT2D eigenvalue weighted by Gasteiger charge is -2.08. The van der Waals surface area contributed by atoms with Gasteiger partial charge in [0, 0.05) is 11.4 Å². The molecule has 1 amide bonds. The lowest BCUT2D eigenvalue weighted by atomic mass is 10.1. The standard InChI is InChI=1S/C17H18ClNO2/c1-12-5-7-13(8-6-12)3-2-4-17(21)19-15-11-14(18)9-10-16(15)20/h5-11,20H,2-4H2,1H3,(H,19,21). The second-order valence-corrected chi connectivity index (χ2v) is 5.49. The van der Waals surface area contributed by atoms with Crippen molar-refractivity contribution in [1.29, 1.82) is 0 Å². The zero-order chi connectivity index (χ0) is 15.2. The first-order valence-corrected chi connectivity index (χ1v) is 7.26. The van der Waals surface area contributed by atoms with Crippen LogP contribution in [-0.2, 0) is 11.2 Å². The number of hydrogen-bond acceptors (Lipinski definition) is 2. The van der Waals surface area contributed by atoms with E-state index in [0.29, 0.717) is 17.1 Å². The van der Waals surface area contributed by atoms with Crippen LogP contribution < -0.4 is 5.32 Å². The molecule has 0 aromatic heterocycles. The molecule has 2 N–H and O–H groups in total. The van der Waals surface area contributed by atoms with Gasteiger partial charge in [-0.15, -0.1) is 0 Å². The maximum atomic E-state index is 11.9. The molecule has 0 radical (unpaired) electrons. The monoisotopic (exact) mass is 303 g/mol. The predicted molar refractivity (Wildman–Crippen MR) is 85.9 cm³/mol. The molecule has 2 rings (SSSR count). The zero-order valence-corrected chi connectivity index (χ0v) is 12.7. The van der Waals surface area contributed by atoms with Crippen LogP contribution in [0, 0.1) is 6.92 Å². The van der Waals surface area contributed by atoms with Crippen LogP contribution in [0.3, 0.4) is 0 Å². The Balaban J connectivity index is 1.82. The molecule has 0 unspecified atom stereocenters. The molecule has 0 saturated heterocycles. The zero-order valence-electron chi connectivity index (χ0n) is 11.9. The van der Waals surface area contributed by atoms with Gasteiger partial charge in [-0.25, -0.2) is 0 Å². The summed E-state index contributed by atoms with van der Waals surface area (Å²) in [7, 11) is 0. The lowest BCUT2D eigenvalue weighted by molar-refractivity contribution is -0.116. The number of anilines is 1. The SMILES string of the molecule is Cc1ccc(CCCC(=O)Nc2cc(Cl)ccc2O)cc1. The molecule has 0 spiro atoms. The number of halogens is 1. The molecule has 0 atom stereocenters. The molecule has 4 heteroatoms. The molecule has 21 heavy (non-hydrogen) atoms. The molecule has 0 bridgehead atoms. The van der Waals surface area contributed by atoms with Crippen molar-refractivity contribution in [3.63, 3.8) is 0 Å². The van der Waals surface area contributed by atoms with E-state index in [4.69, 9.17) is 11.6 Å². The highest BCUT2D eigenvalue weighted by atomic mass is 35.5. The molecule has 0 aliphatic rings. The van der Waals surface area contributed by atoms with E-state index < -0.39 is 0 Å². The normalized spacial score (nSPS) is 10.4. The van der Waals surface area contributed by atoms with Gasteiger partial charge in [0.25, 0.3) is 0 Å². The summed E-state index contributed by atoms with van der Waals surface area (Å²) in [6.07, 6.45) is 2.02. The smallest absolute Gasteiger partial charge is 0.224 e. The third-order valence-corrected chi connectivity index (χ3v) is 3.46. The van der Waals surface area contributed by atoms with Crippen molar-refractivity contribution in [2.24, 2.45) is 0 Å². The molecule has 3 nitrogen and oxygen atoms in total. The lowest BCUT2D eigenvalue weighted by Crippen LogP contribution is -2.11. The maximum absolute atomic E-state index is 11.9. The van der Waals surface area contributed by atoms with Crippen LogP contribution in [0.5, 0.6) is 5.75 Å². The molecule has 0 aliphatic heterocycles. The van der Waals surface area contributed by atoms with Gasteiger partial charge in [-0.05, 0) is 43.5 Å². The molecular formula is C17H18ClNO2. The highest BCUT2D eigenvalue weighted by Gasteiger charge is 2.07. The summed E-state index contributed by atoms with van der Waals surface area (Å²) in [6.45, 7) is 2.05. The van der Waals surface area contributed by atoms with Crippen molar-refractivity contribution in [3.8, 4) is 5.75 Å². The van der Waals surface area contributed by atoms with Gasteiger partial charge in [0.2, 0.25) is 5.91 Å². The van der Waals surface area contributed by atoms with Crippen molar-refractivity contribution in [2.45, 2.75) is 26.2 Å². The first kappa shape index (κ1) is 15.4. The van der Waals surface area contributed by atoms with E-state index in [1.54, 1.807) is 6.07 Å². The van der Waals surface area contributed by atoms with Gasteiger partial charge < -0.3 is 10.4 Å². The predicted octanol–water partition coefficient (Wildman–Crippen LogP) is 4.32. The fourth-order valence-electron chi connectivity index (χ4n) is 2.03. The van der Waals surface area contributed by atoms with Crippen LogP contribution in [-0.4, -0.2) is 11.0 Å². The molecule has 0 fully saturated rings. The molecule has 2 aromatic rings. The topological polar surface area (TPSA) is 49.3 Å². The summed E-state index contributed by atoms with van der Waals surface area (Å²) >= 11 is 5.83. The van der Waals surface area contributed by atoms with E-state index >= 15 is 0 Å². The third-order valence-electron chi connectivity index (χ3n) is 3.22. The van der Waals surface area contributed by atoms with Gasteiger partial charge in [0.1, 0.15) is 5.75 Å². The number of hydrogen-bond donors (Lipinski definition) is 2. The highest BCUT2D eigenvalue weighted by Crippen LogP contribution is 2.26. The van der Waals surface area contributed by atoms with Crippen molar-refractivity contribution in [3.05, 3.63) is 58.6 Å². The fraction of sp³-hybridized carbons (Fsp3) is 0.235. The highest BCUT2D eigenvalue weighted by molar-refractivity contribution is 6.31. The van der Waals surface area contributed by atoms with Crippen LogP contribution in [0.4, 0.5) is 5.69 Å². The third kappa shape index (κ3) is 4.80. The summed E-state index contributed by atoms with van der Waals surface area (Å²) in [5, 5.41) is 12.8. The number of carbonyl (C=O) groups excluding carboxylic acids is 1. The number of phenols is 1. The molecule has 0 saturated carbocycles. The molecule has 2 aromatic carbocycles. The van der Waals surface area contributed by atoms with E-state index in [2.05, 4.69) is 36.5 Å². The first-order valence-electron chi connectivity index (χ1n) is 6.88. The van der Waals surface area contributed by atoms with Crippen molar-refractivity contribution >= 4 is 23.2 Å². The van der Waals surface area contributed by atoms with Gasteiger partial charge in [0.05, 0.1) is 5.69 Å². The number of phenolic OH excluding ortho intramolecular Hbond substituents is 1. The van der Waals surface area contributed by atoms with Gasteiger partial charge >= 0.3 is 0 Å². The van der Waals surface area contributed by atoms with E-state index in [9.17, 15) is 9.90 Å². The molecule has 110 valence electrons. The van der Waals surface area contributed by atoms with Crippen LogP contribution in [0.15, 0.2) is 42.5 Å². The number of benzene rings is 2. The number of nitrogens with one attached hydrogen (secondary N) is 1. The average molecular weight is 304 g/mol. The number of amides is 1. The van der Waals surface area contributed by atoms with Crippen molar-refractivity contribution in [1.82, 2.24) is 0 Å². The minimum absolute atomic E-state index is 0.0197. The summed E-state index contributed by atoms with van der Waals surface area (Å²) in [5.41, 5.74) is 2.80. The van der Waals surface area contributed by atoms with Crippen molar-refractivity contribution < 1.29 is 9.90 Å². The molecular weight excluding hydrogens is 286 g/mol. The summed E-state index contributed by atoms with van der Waals surface area (Å²) in [5.74, 6) is -0.106. The summed E-state index contributed by atoms with van der Waals surface area (Å²) in [4.78, 5) is 11.9. The largest absolute Gasteiger partial charge is 0.506 e. The summed E-state index contributed by atoms with van der Waals surface area (Å²) < 4.78 is 0. The van der Waals surface area contributed by atoms with Crippen LogP contribution in [0.2, 0.25) is 5.02 Å². The van der Waals surface area contributed by atoms with E-state index in [1.165, 1.54) is 23.3 Å². The van der Waals surface area contributed by atoms with Crippen LogP contribution in [0.1, 0.15) is 24.0 Å². The van der Waals surface area contributed by atoms with Gasteiger partial charge in [-0.3, -0.25) is 4.79 Å². The van der Waals surface area contributed by atoms with Gasteiger partial charge in [-0.1, -0.05) is 41.4 Å². The van der Waals surface area contributed by atoms with Gasteiger partial charge in [-0.2, -0.15) is 0 Å². The maximum Gasteiger partial charge on any atom is 0.224 e. The quantitative estimate of drug-likeness (QED) is 0.808. The Bertz CT molecular complexity index is 623. The van der Waals surface area contributed by atoms with Crippen LogP contribution >= 0.6 is 11.6 Å². The minimum atomic E-state index is -0.125. The van der Waals surface area contributed by atoms with E-state index in [1.807, 2.05) is 0 Å². The number of aryl methyl sites for hydroxylation is 2. The Hall–Kier alpha value is -2.00. The molecule has 0 heterocycles. The van der Waals surface area contributed by atoms with E-state index in [0.717, 1.165) is 12.8 Å². The van der Waals surface area contributed by atoms with E-state index in [-0.39, 0.29) is 11.7 Å². The number of aromatic hydroxyl groups is 1. The van der Waals surface area contributed by atoms with Gasteiger partial charge in [0.15, 0.2) is 0 Å². The Labute approximate surface area is 129 Å². The average Bonchev–Trinajstić information content (AvgIpc) is 2.45. The number of carbonyl (C=O) groups is 1. The second-order valence-electron chi connectivity index (χ2n) is 5.05. The van der Waals surface area contributed by atoms with Crippen LogP contribution in [0.25, 0.3) is 0 Å². The Morgan fingerprint density at radius 3 is 2.62 bits per heavy atom. The fourth-order valence-corrected chi connectivity index (χ4v) is 2.20. The Kier molecular flexibility index (Phi) is 5.23. The number of rotatable bonds is 5. The molecule has 0 aliphatic carbocycles. The summed E-state index contributed by atoms with van der Waals surface area (Å²) in [6, 6.07) is 12.9. The Morgan fingerprint density at radius 2 is 1.90 bits per heavy atom. The Morgan fingerprint density at radius 1 is 1.19 bits per heavy atom.